The molecule has 0 unspecified atom stereocenters. The summed E-state index contributed by atoms with van der Waals surface area (Å²) < 4.78 is 0. The van der Waals surface area contributed by atoms with Crippen molar-refractivity contribution in [2.45, 2.75) is 32.1 Å². The van der Waals surface area contributed by atoms with Crippen molar-refractivity contribution >= 4 is 11.6 Å². The third-order valence-electron chi connectivity index (χ3n) is 5.64. The average Bonchev–Trinajstić information content (AvgIpc) is 2.93. The van der Waals surface area contributed by atoms with Crippen LogP contribution in [0.2, 0.25) is 0 Å². The third-order valence-corrected chi connectivity index (χ3v) is 5.64. The van der Waals surface area contributed by atoms with Gasteiger partial charge in [-0.25, -0.2) is 0 Å². The molecular formula is C18H25N3O3. The fourth-order valence-corrected chi connectivity index (χ4v) is 3.94. The van der Waals surface area contributed by atoms with E-state index < -0.39 is 10.3 Å². The summed E-state index contributed by atoms with van der Waals surface area (Å²) in [5.74, 6) is 1.49. The lowest BCUT2D eigenvalue weighted by Gasteiger charge is -2.32. The van der Waals surface area contributed by atoms with Crippen molar-refractivity contribution < 1.29 is 9.72 Å². The Kier molecular flexibility index (Phi) is 4.58. The molecular weight excluding hydrogens is 306 g/mol. The van der Waals surface area contributed by atoms with Crippen LogP contribution >= 0.6 is 0 Å². The van der Waals surface area contributed by atoms with Gasteiger partial charge in [-0.1, -0.05) is 12.1 Å². The highest BCUT2D eigenvalue weighted by Crippen LogP contribution is 2.31. The number of carbonyl (C=O) groups excluding carboxylic acids is 1. The molecule has 1 amide bonds. The molecule has 1 N–H and O–H groups in total. The number of non-ortho nitro benzene ring substituents is 1. The van der Waals surface area contributed by atoms with Gasteiger partial charge in [0.1, 0.15) is 0 Å². The Labute approximate surface area is 142 Å². The second kappa shape index (κ2) is 6.51. The van der Waals surface area contributed by atoms with Crippen molar-refractivity contribution in [2.75, 3.05) is 26.2 Å². The molecule has 2 atom stereocenters. The van der Waals surface area contributed by atoms with E-state index in [1.54, 1.807) is 12.1 Å². The Bertz CT molecular complexity index is 613. The number of nitrogens with zero attached hydrogens (tertiary/aromatic N) is 2. The summed E-state index contributed by atoms with van der Waals surface area (Å²) >= 11 is 0. The summed E-state index contributed by atoms with van der Waals surface area (Å²) in [6, 6.07) is 6.35. The predicted molar refractivity (Wildman–Crippen MR) is 91.8 cm³/mol. The molecule has 1 aromatic carbocycles. The molecule has 0 bridgehead atoms. The van der Waals surface area contributed by atoms with Gasteiger partial charge in [0.05, 0.1) is 10.3 Å². The highest BCUT2D eigenvalue weighted by molar-refractivity contribution is 5.87. The van der Waals surface area contributed by atoms with Crippen molar-refractivity contribution in [2.24, 2.45) is 11.8 Å². The van der Waals surface area contributed by atoms with Crippen LogP contribution in [0.3, 0.4) is 0 Å². The number of hydrogen-bond acceptors (Lipinski definition) is 4. The van der Waals surface area contributed by atoms with Crippen LogP contribution in [-0.4, -0.2) is 41.9 Å². The number of nitrogens with one attached hydrogen (secondary N) is 1. The van der Waals surface area contributed by atoms with E-state index in [-0.39, 0.29) is 11.6 Å². The van der Waals surface area contributed by atoms with Gasteiger partial charge in [0.25, 0.3) is 5.69 Å². The molecule has 3 rings (SSSR count). The SMILES string of the molecule is CC(C)(C(=O)N1CC[C@@H]2CNC[C@@H]2CC1)c1ccc([N+](=O)[O-])cc1. The summed E-state index contributed by atoms with van der Waals surface area (Å²) in [4.78, 5) is 25.5. The van der Waals surface area contributed by atoms with Gasteiger partial charge in [-0.05, 0) is 57.2 Å². The molecule has 6 nitrogen and oxygen atoms in total. The van der Waals surface area contributed by atoms with Gasteiger partial charge < -0.3 is 10.2 Å². The molecule has 0 aliphatic carbocycles. The first-order valence-corrected chi connectivity index (χ1v) is 8.64. The van der Waals surface area contributed by atoms with Crippen LogP contribution in [-0.2, 0) is 10.2 Å². The lowest BCUT2D eigenvalue weighted by atomic mass is 9.83. The van der Waals surface area contributed by atoms with Gasteiger partial charge in [-0.2, -0.15) is 0 Å². The number of amides is 1. The molecule has 0 saturated carbocycles. The van der Waals surface area contributed by atoms with E-state index in [1.807, 2.05) is 18.7 Å². The Morgan fingerprint density at radius 1 is 1.17 bits per heavy atom. The van der Waals surface area contributed by atoms with E-state index in [0.717, 1.165) is 44.6 Å². The van der Waals surface area contributed by atoms with E-state index >= 15 is 0 Å². The highest BCUT2D eigenvalue weighted by atomic mass is 16.6. The lowest BCUT2D eigenvalue weighted by Crippen LogP contribution is -2.44. The quantitative estimate of drug-likeness (QED) is 0.681. The number of rotatable bonds is 3. The fourth-order valence-electron chi connectivity index (χ4n) is 3.94. The lowest BCUT2D eigenvalue weighted by molar-refractivity contribution is -0.384. The molecule has 0 radical (unpaired) electrons. The summed E-state index contributed by atoms with van der Waals surface area (Å²) in [6.45, 7) is 7.56. The van der Waals surface area contributed by atoms with E-state index in [9.17, 15) is 14.9 Å². The third kappa shape index (κ3) is 3.15. The molecule has 2 saturated heterocycles. The average molecular weight is 331 g/mol. The van der Waals surface area contributed by atoms with Crippen molar-refractivity contribution in [3.8, 4) is 0 Å². The van der Waals surface area contributed by atoms with Crippen molar-refractivity contribution in [1.82, 2.24) is 10.2 Å². The van der Waals surface area contributed by atoms with Crippen molar-refractivity contribution in [1.29, 1.82) is 0 Å². The topological polar surface area (TPSA) is 75.5 Å². The van der Waals surface area contributed by atoms with E-state index in [2.05, 4.69) is 5.32 Å². The molecule has 2 fully saturated rings. The molecule has 2 heterocycles. The van der Waals surface area contributed by atoms with Gasteiger partial charge in [-0.3, -0.25) is 14.9 Å². The van der Waals surface area contributed by atoms with Gasteiger partial charge in [0, 0.05) is 25.2 Å². The molecule has 1 aromatic rings. The second-order valence-corrected chi connectivity index (χ2v) is 7.48. The summed E-state index contributed by atoms with van der Waals surface area (Å²) in [7, 11) is 0. The molecule has 0 spiro atoms. The zero-order chi connectivity index (χ0) is 17.3. The number of hydrogen-bond donors (Lipinski definition) is 1. The number of carbonyl (C=O) groups is 1. The maximum atomic E-state index is 13.1. The first-order valence-electron chi connectivity index (χ1n) is 8.64. The number of nitro groups is 1. The number of likely N-dealkylation sites (tertiary alicyclic amines) is 1. The maximum Gasteiger partial charge on any atom is 0.269 e. The zero-order valence-corrected chi connectivity index (χ0v) is 14.3. The van der Waals surface area contributed by atoms with Crippen LogP contribution in [0.4, 0.5) is 5.69 Å². The Hall–Kier alpha value is -1.95. The van der Waals surface area contributed by atoms with Gasteiger partial charge in [0.2, 0.25) is 5.91 Å². The van der Waals surface area contributed by atoms with Crippen LogP contribution in [0.1, 0.15) is 32.3 Å². The second-order valence-electron chi connectivity index (χ2n) is 7.48. The van der Waals surface area contributed by atoms with Gasteiger partial charge in [-0.15, -0.1) is 0 Å². The molecule has 130 valence electrons. The van der Waals surface area contributed by atoms with Gasteiger partial charge >= 0.3 is 0 Å². The minimum atomic E-state index is -0.674. The van der Waals surface area contributed by atoms with Crippen LogP contribution in [0.25, 0.3) is 0 Å². The van der Waals surface area contributed by atoms with Crippen LogP contribution in [0.15, 0.2) is 24.3 Å². The largest absolute Gasteiger partial charge is 0.342 e. The highest BCUT2D eigenvalue weighted by Gasteiger charge is 2.37. The Morgan fingerprint density at radius 2 is 1.71 bits per heavy atom. The van der Waals surface area contributed by atoms with E-state index in [0.29, 0.717) is 11.8 Å². The minimum absolute atomic E-state index is 0.0529. The van der Waals surface area contributed by atoms with Crippen LogP contribution in [0.5, 0.6) is 0 Å². The summed E-state index contributed by atoms with van der Waals surface area (Å²) in [5, 5.41) is 14.3. The van der Waals surface area contributed by atoms with Crippen LogP contribution < -0.4 is 5.32 Å². The fraction of sp³-hybridized carbons (Fsp3) is 0.611. The minimum Gasteiger partial charge on any atom is -0.342 e. The van der Waals surface area contributed by atoms with Gasteiger partial charge in [0.15, 0.2) is 0 Å². The van der Waals surface area contributed by atoms with Crippen molar-refractivity contribution in [3.05, 3.63) is 39.9 Å². The monoisotopic (exact) mass is 331 g/mol. The van der Waals surface area contributed by atoms with Crippen LogP contribution in [0, 0.1) is 22.0 Å². The molecule has 24 heavy (non-hydrogen) atoms. The van der Waals surface area contributed by atoms with E-state index in [4.69, 9.17) is 0 Å². The predicted octanol–water partition coefficient (Wildman–Crippen LogP) is 2.33. The number of benzene rings is 1. The molecule has 6 heteroatoms. The molecule has 2 aliphatic rings. The van der Waals surface area contributed by atoms with E-state index in [1.165, 1.54) is 12.1 Å². The molecule has 2 aliphatic heterocycles. The number of nitro benzene ring substituents is 1. The summed E-state index contributed by atoms with van der Waals surface area (Å²) in [6.07, 6.45) is 2.11. The Balaban J connectivity index is 1.73. The maximum absolute atomic E-state index is 13.1. The first-order chi connectivity index (χ1) is 11.4. The Morgan fingerprint density at radius 3 is 2.21 bits per heavy atom. The standard InChI is InChI=1S/C18H25N3O3/c1-18(2,15-3-5-16(6-4-15)21(23)24)17(22)20-9-7-13-11-19-12-14(13)8-10-20/h3-6,13-14,19H,7-12H2,1-2H3/t13-,14+. The molecule has 0 aromatic heterocycles. The smallest absolute Gasteiger partial charge is 0.269 e. The normalized spacial score (nSPS) is 24.3. The zero-order valence-electron chi connectivity index (χ0n) is 14.3. The summed E-state index contributed by atoms with van der Waals surface area (Å²) in [5.41, 5.74) is 0.202. The number of fused-ring (bicyclic) bond motifs is 1. The first kappa shape index (κ1) is 16.9. The van der Waals surface area contributed by atoms with Crippen molar-refractivity contribution in [3.63, 3.8) is 0 Å².